The Balaban J connectivity index is 2.25. The molecular formula is C14H13Br3S. The van der Waals surface area contributed by atoms with Gasteiger partial charge >= 0.3 is 0 Å². The van der Waals surface area contributed by atoms with E-state index in [1.165, 1.54) is 16.0 Å². The van der Waals surface area contributed by atoms with E-state index in [2.05, 4.69) is 92.0 Å². The summed E-state index contributed by atoms with van der Waals surface area (Å²) in [7, 11) is 0. The van der Waals surface area contributed by atoms with Crippen LogP contribution in [0.15, 0.2) is 38.6 Å². The average Bonchev–Trinajstić information content (AvgIpc) is 2.69. The van der Waals surface area contributed by atoms with Crippen molar-refractivity contribution in [3.05, 3.63) is 54.6 Å². The van der Waals surface area contributed by atoms with Crippen molar-refractivity contribution in [2.75, 3.05) is 0 Å². The van der Waals surface area contributed by atoms with Gasteiger partial charge in [-0.15, -0.1) is 11.3 Å². The molecule has 0 amide bonds. The lowest BCUT2D eigenvalue weighted by molar-refractivity contribution is 0.865. The normalized spacial score (nSPS) is 13.0. The van der Waals surface area contributed by atoms with Gasteiger partial charge in [-0.1, -0.05) is 54.0 Å². The Kier molecular flexibility index (Phi) is 5.09. The first-order valence-corrected chi connectivity index (χ1v) is 8.99. The van der Waals surface area contributed by atoms with Crippen LogP contribution >= 0.6 is 59.1 Å². The number of hydrogen-bond acceptors (Lipinski definition) is 1. The Bertz CT molecular complexity index is 509. The van der Waals surface area contributed by atoms with Gasteiger partial charge in [-0.25, -0.2) is 0 Å². The molecule has 0 aliphatic carbocycles. The van der Waals surface area contributed by atoms with Crippen molar-refractivity contribution in [3.8, 4) is 0 Å². The lowest BCUT2D eigenvalue weighted by Crippen LogP contribution is -1.92. The van der Waals surface area contributed by atoms with Gasteiger partial charge in [-0.2, -0.15) is 0 Å². The molecule has 0 saturated heterocycles. The van der Waals surface area contributed by atoms with E-state index in [0.717, 1.165) is 8.26 Å². The number of benzene rings is 1. The minimum absolute atomic E-state index is 0.256. The molecule has 2 aromatic rings. The summed E-state index contributed by atoms with van der Waals surface area (Å²) in [5.41, 5.74) is 2.67. The molecule has 4 heteroatoms. The topological polar surface area (TPSA) is 0 Å². The molecule has 0 radical (unpaired) electrons. The van der Waals surface area contributed by atoms with Gasteiger partial charge < -0.3 is 0 Å². The molecular weight excluding hydrogens is 440 g/mol. The van der Waals surface area contributed by atoms with Crippen molar-refractivity contribution in [2.45, 2.75) is 24.6 Å². The van der Waals surface area contributed by atoms with Crippen LogP contribution in [0.25, 0.3) is 0 Å². The molecule has 0 N–H and O–H groups in total. The van der Waals surface area contributed by atoms with Gasteiger partial charge in [0.15, 0.2) is 0 Å². The van der Waals surface area contributed by atoms with Gasteiger partial charge in [0, 0.05) is 9.35 Å². The molecule has 96 valence electrons. The average molecular weight is 453 g/mol. The number of thiophene rings is 1. The zero-order valence-corrected chi connectivity index (χ0v) is 15.7. The highest BCUT2D eigenvalue weighted by atomic mass is 79.9. The van der Waals surface area contributed by atoms with Crippen molar-refractivity contribution >= 4 is 59.1 Å². The second-order valence-corrected chi connectivity index (χ2v) is 8.63. The first kappa shape index (κ1) is 14.8. The van der Waals surface area contributed by atoms with Crippen LogP contribution in [0.1, 0.15) is 40.6 Å². The summed E-state index contributed by atoms with van der Waals surface area (Å²) in [4.78, 5) is 1.55. The summed E-state index contributed by atoms with van der Waals surface area (Å²) in [6, 6.07) is 11.0. The maximum absolute atomic E-state index is 3.77. The number of halogens is 3. The largest absolute Gasteiger partial charge is 0.131 e. The summed E-state index contributed by atoms with van der Waals surface area (Å²) in [5, 5.41) is 0. The third kappa shape index (κ3) is 3.27. The highest BCUT2D eigenvalue weighted by molar-refractivity contribution is 9.13. The molecule has 1 atom stereocenters. The fourth-order valence-corrected chi connectivity index (χ4v) is 4.52. The summed E-state index contributed by atoms with van der Waals surface area (Å²) in [5.74, 6) is 0.581. The zero-order chi connectivity index (χ0) is 13.3. The quantitative estimate of drug-likeness (QED) is 0.445. The minimum Gasteiger partial charge on any atom is -0.131 e. The molecule has 2 rings (SSSR count). The van der Waals surface area contributed by atoms with Crippen LogP contribution in [-0.4, -0.2) is 0 Å². The number of rotatable bonds is 3. The Labute approximate surface area is 137 Å². The van der Waals surface area contributed by atoms with Crippen molar-refractivity contribution in [1.29, 1.82) is 0 Å². The van der Waals surface area contributed by atoms with Crippen LogP contribution in [-0.2, 0) is 0 Å². The Morgan fingerprint density at radius 1 is 1.00 bits per heavy atom. The molecule has 1 aromatic heterocycles. The van der Waals surface area contributed by atoms with Gasteiger partial charge in [0.25, 0.3) is 0 Å². The van der Waals surface area contributed by atoms with Crippen molar-refractivity contribution in [1.82, 2.24) is 0 Å². The summed E-state index contributed by atoms with van der Waals surface area (Å²) < 4.78 is 2.26. The molecule has 0 aliphatic rings. The molecule has 1 unspecified atom stereocenters. The van der Waals surface area contributed by atoms with E-state index in [0.29, 0.717) is 5.92 Å². The Morgan fingerprint density at radius 3 is 2.00 bits per heavy atom. The molecule has 0 fully saturated rings. The molecule has 0 saturated carbocycles. The van der Waals surface area contributed by atoms with Gasteiger partial charge in [-0.05, 0) is 55.0 Å². The maximum Gasteiger partial charge on any atom is 0.0843 e. The molecule has 1 heterocycles. The fourth-order valence-electron chi connectivity index (χ4n) is 1.70. The van der Waals surface area contributed by atoms with Crippen LogP contribution in [0.2, 0.25) is 0 Å². The van der Waals surface area contributed by atoms with E-state index < -0.39 is 0 Å². The van der Waals surface area contributed by atoms with Gasteiger partial charge in [0.05, 0.1) is 8.61 Å². The van der Waals surface area contributed by atoms with Crippen molar-refractivity contribution < 1.29 is 0 Å². The summed E-state index contributed by atoms with van der Waals surface area (Å²) >= 11 is 12.6. The highest BCUT2D eigenvalue weighted by Crippen LogP contribution is 2.41. The lowest BCUT2D eigenvalue weighted by atomic mass is 10.0. The van der Waals surface area contributed by atoms with Crippen LogP contribution < -0.4 is 0 Å². The maximum atomic E-state index is 3.77. The second-order valence-electron chi connectivity index (χ2n) is 4.45. The first-order chi connectivity index (χ1) is 8.49. The standard InChI is InChI=1S/C14H13Br3S/c1-8(2)9-3-5-10(6-4-9)13(16)12-7-11(15)14(17)18-12/h3-8,13H,1-2H3. The lowest BCUT2D eigenvalue weighted by Gasteiger charge is -2.10. The smallest absolute Gasteiger partial charge is 0.0843 e. The number of hydrogen-bond donors (Lipinski definition) is 0. The fraction of sp³-hybridized carbons (Fsp3) is 0.286. The molecule has 0 nitrogen and oxygen atoms in total. The molecule has 1 aromatic carbocycles. The summed E-state index contributed by atoms with van der Waals surface area (Å²) in [6.07, 6.45) is 0. The van der Waals surface area contributed by atoms with E-state index >= 15 is 0 Å². The van der Waals surface area contributed by atoms with E-state index in [1.54, 1.807) is 11.3 Å². The highest BCUT2D eigenvalue weighted by Gasteiger charge is 2.15. The minimum atomic E-state index is 0.256. The summed E-state index contributed by atoms with van der Waals surface area (Å²) in [6.45, 7) is 4.43. The predicted octanol–water partition coefficient (Wildman–Crippen LogP) is 6.88. The molecule has 0 aliphatic heterocycles. The van der Waals surface area contributed by atoms with Gasteiger partial charge in [0.2, 0.25) is 0 Å². The third-order valence-electron chi connectivity index (χ3n) is 2.81. The monoisotopic (exact) mass is 450 g/mol. The van der Waals surface area contributed by atoms with Crippen LogP contribution in [0, 0.1) is 0 Å². The van der Waals surface area contributed by atoms with Gasteiger partial charge in [0.1, 0.15) is 0 Å². The van der Waals surface area contributed by atoms with Crippen LogP contribution in [0.5, 0.6) is 0 Å². The Morgan fingerprint density at radius 2 is 1.56 bits per heavy atom. The molecule has 0 spiro atoms. The van der Waals surface area contributed by atoms with Gasteiger partial charge in [-0.3, -0.25) is 0 Å². The van der Waals surface area contributed by atoms with E-state index in [9.17, 15) is 0 Å². The molecule has 18 heavy (non-hydrogen) atoms. The predicted molar refractivity (Wildman–Crippen MR) is 91.0 cm³/mol. The third-order valence-corrected chi connectivity index (χ3v) is 7.46. The molecule has 0 bridgehead atoms. The number of alkyl halides is 1. The van der Waals surface area contributed by atoms with E-state index in [1.807, 2.05) is 0 Å². The van der Waals surface area contributed by atoms with Crippen LogP contribution in [0.3, 0.4) is 0 Å². The second kappa shape index (κ2) is 6.21. The van der Waals surface area contributed by atoms with Crippen LogP contribution in [0.4, 0.5) is 0 Å². The zero-order valence-electron chi connectivity index (χ0n) is 10.1. The SMILES string of the molecule is CC(C)c1ccc(C(Br)c2cc(Br)c(Br)s2)cc1. The van der Waals surface area contributed by atoms with E-state index in [4.69, 9.17) is 0 Å². The first-order valence-electron chi connectivity index (χ1n) is 5.67. The Hall–Kier alpha value is 0.360. The van der Waals surface area contributed by atoms with Crippen molar-refractivity contribution in [2.24, 2.45) is 0 Å². The van der Waals surface area contributed by atoms with E-state index in [-0.39, 0.29) is 4.83 Å². The van der Waals surface area contributed by atoms with Crippen molar-refractivity contribution in [3.63, 3.8) is 0 Å².